The largest absolute Gasteiger partial charge is 0.395 e. The molecule has 6 heteroatoms. The van der Waals surface area contributed by atoms with E-state index in [1.54, 1.807) is 48.5 Å². The van der Waals surface area contributed by atoms with Crippen LogP contribution in [0.4, 0.5) is 0 Å². The first kappa shape index (κ1) is 17.0. The van der Waals surface area contributed by atoms with Crippen LogP contribution in [0.2, 0.25) is 5.02 Å². The molecule has 3 rings (SSSR count). The third kappa shape index (κ3) is 2.51. The molecule has 1 aliphatic rings. The number of aryl methyl sites for hydroxylation is 1. The van der Waals surface area contributed by atoms with Crippen molar-refractivity contribution in [2.24, 2.45) is 5.41 Å². The molecule has 0 spiro atoms. The average Bonchev–Trinajstić information content (AvgIpc) is 3.26. The fourth-order valence-electron chi connectivity index (χ4n) is 3.23. The van der Waals surface area contributed by atoms with E-state index < -0.39 is 33.0 Å². The Labute approximate surface area is 146 Å². The van der Waals surface area contributed by atoms with Gasteiger partial charge in [0.15, 0.2) is 9.84 Å². The van der Waals surface area contributed by atoms with E-state index in [2.05, 4.69) is 0 Å². The van der Waals surface area contributed by atoms with Crippen molar-refractivity contribution in [3.63, 3.8) is 0 Å². The van der Waals surface area contributed by atoms with Crippen molar-refractivity contribution in [3.05, 3.63) is 64.7 Å². The third-order valence-electron chi connectivity index (χ3n) is 4.64. The zero-order valence-corrected chi connectivity index (χ0v) is 14.6. The zero-order valence-electron chi connectivity index (χ0n) is 13.0. The van der Waals surface area contributed by atoms with Crippen molar-refractivity contribution in [3.8, 4) is 6.07 Å². The highest BCUT2D eigenvalue weighted by Crippen LogP contribution is 2.63. The van der Waals surface area contributed by atoms with Crippen molar-refractivity contribution in [2.45, 2.75) is 23.0 Å². The summed E-state index contributed by atoms with van der Waals surface area (Å²) in [4.78, 5) is 0.169. The third-order valence-corrected chi connectivity index (χ3v) is 7.18. The molecule has 0 heterocycles. The summed E-state index contributed by atoms with van der Waals surface area (Å²) < 4.78 is 26.0. The van der Waals surface area contributed by atoms with E-state index in [1.165, 1.54) is 0 Å². The Hall–Kier alpha value is -1.87. The smallest absolute Gasteiger partial charge is 0.183 e. The highest BCUT2D eigenvalue weighted by atomic mass is 35.5. The van der Waals surface area contributed by atoms with Crippen LogP contribution in [0.5, 0.6) is 0 Å². The molecule has 24 heavy (non-hydrogen) atoms. The van der Waals surface area contributed by atoms with E-state index in [0.717, 1.165) is 5.56 Å². The van der Waals surface area contributed by atoms with Crippen LogP contribution in [0.1, 0.15) is 17.0 Å². The summed E-state index contributed by atoms with van der Waals surface area (Å²) in [5.41, 5.74) is 0.320. The number of aliphatic hydroxyl groups is 1. The molecule has 1 N–H and O–H groups in total. The van der Waals surface area contributed by atoms with Crippen LogP contribution in [-0.4, -0.2) is 25.4 Å². The lowest BCUT2D eigenvalue weighted by Crippen LogP contribution is -2.18. The number of aliphatic hydroxyl groups excluding tert-OH is 1. The number of nitriles is 1. The maximum Gasteiger partial charge on any atom is 0.183 e. The Morgan fingerprint density at radius 1 is 1.17 bits per heavy atom. The molecule has 1 aliphatic carbocycles. The fourth-order valence-corrected chi connectivity index (χ4v) is 5.68. The molecule has 2 aromatic rings. The quantitative estimate of drug-likeness (QED) is 0.907. The number of sulfone groups is 1. The molecule has 1 saturated carbocycles. The molecule has 2 aromatic carbocycles. The number of halogens is 1. The van der Waals surface area contributed by atoms with Crippen molar-refractivity contribution in [1.82, 2.24) is 0 Å². The summed E-state index contributed by atoms with van der Waals surface area (Å²) in [6, 6.07) is 15.3. The number of rotatable bonds is 4. The van der Waals surface area contributed by atoms with Gasteiger partial charge < -0.3 is 5.11 Å². The van der Waals surface area contributed by atoms with Crippen molar-refractivity contribution >= 4 is 21.4 Å². The minimum absolute atomic E-state index is 0.169. The molecule has 124 valence electrons. The van der Waals surface area contributed by atoms with Crippen molar-refractivity contribution < 1.29 is 13.5 Å². The Morgan fingerprint density at radius 2 is 1.75 bits per heavy atom. The normalized spacial score (nSPS) is 25.9. The van der Waals surface area contributed by atoms with E-state index in [1.807, 2.05) is 13.0 Å². The van der Waals surface area contributed by atoms with Gasteiger partial charge in [0.2, 0.25) is 0 Å². The second-order valence-electron chi connectivity index (χ2n) is 6.12. The van der Waals surface area contributed by atoms with Gasteiger partial charge in [-0.25, -0.2) is 8.42 Å². The van der Waals surface area contributed by atoms with E-state index in [-0.39, 0.29) is 4.90 Å². The molecule has 1 fully saturated rings. The van der Waals surface area contributed by atoms with Crippen LogP contribution in [0.3, 0.4) is 0 Å². The average molecular weight is 362 g/mol. The molecule has 0 aromatic heterocycles. The predicted molar refractivity (Wildman–Crippen MR) is 91.5 cm³/mol. The summed E-state index contributed by atoms with van der Waals surface area (Å²) in [6.07, 6.45) is 0. The van der Waals surface area contributed by atoms with Crippen LogP contribution in [0.25, 0.3) is 0 Å². The zero-order chi connectivity index (χ0) is 17.5. The van der Waals surface area contributed by atoms with Gasteiger partial charge in [0, 0.05) is 10.9 Å². The lowest BCUT2D eigenvalue weighted by molar-refractivity contribution is 0.242. The molecular weight excluding hydrogens is 346 g/mol. The van der Waals surface area contributed by atoms with Gasteiger partial charge in [-0.3, -0.25) is 0 Å². The first-order valence-corrected chi connectivity index (χ1v) is 9.37. The van der Waals surface area contributed by atoms with Gasteiger partial charge in [0.05, 0.1) is 22.8 Å². The van der Waals surface area contributed by atoms with Crippen LogP contribution in [0.15, 0.2) is 53.4 Å². The Balaban J connectivity index is 2.06. The van der Waals surface area contributed by atoms with Crippen molar-refractivity contribution in [2.75, 3.05) is 6.61 Å². The molecule has 0 radical (unpaired) electrons. The maximum atomic E-state index is 13.0. The fraction of sp³-hybridized carbons (Fsp3) is 0.278. The van der Waals surface area contributed by atoms with Gasteiger partial charge in [-0.1, -0.05) is 41.4 Å². The van der Waals surface area contributed by atoms with Crippen LogP contribution in [-0.2, 0) is 9.84 Å². The summed E-state index contributed by atoms with van der Waals surface area (Å²) in [6.45, 7) is 1.36. The highest BCUT2D eigenvalue weighted by Gasteiger charge is 2.72. The second-order valence-corrected chi connectivity index (χ2v) is 8.62. The number of benzene rings is 2. The van der Waals surface area contributed by atoms with E-state index in [4.69, 9.17) is 11.6 Å². The van der Waals surface area contributed by atoms with E-state index in [9.17, 15) is 18.8 Å². The molecule has 0 unspecified atom stereocenters. The topological polar surface area (TPSA) is 78.2 Å². The molecule has 4 nitrogen and oxygen atoms in total. The van der Waals surface area contributed by atoms with Gasteiger partial charge in [0.1, 0.15) is 5.41 Å². The summed E-state index contributed by atoms with van der Waals surface area (Å²) in [5.74, 6) is -0.573. The standard InChI is InChI=1S/C18H16ClNO3S/c1-12-2-8-15(9-3-12)24(22,23)17-16(18(17,10-20)11-21)13-4-6-14(19)7-5-13/h2-9,16-17,21H,11H2,1H3/t16-,17-,18+/m0/s1. The van der Waals surface area contributed by atoms with Crippen LogP contribution < -0.4 is 0 Å². The highest BCUT2D eigenvalue weighted by molar-refractivity contribution is 7.92. The van der Waals surface area contributed by atoms with Gasteiger partial charge in [0.25, 0.3) is 0 Å². The summed E-state index contributed by atoms with van der Waals surface area (Å²) in [7, 11) is -3.74. The second kappa shape index (κ2) is 5.89. The molecule has 0 amide bonds. The molecular formula is C18H16ClNO3S. The van der Waals surface area contributed by atoms with Gasteiger partial charge in [-0.2, -0.15) is 5.26 Å². The Kier molecular flexibility index (Phi) is 4.16. The Bertz CT molecular complexity index is 901. The number of hydrogen-bond donors (Lipinski definition) is 1. The van der Waals surface area contributed by atoms with Crippen LogP contribution >= 0.6 is 11.6 Å². The first-order chi connectivity index (χ1) is 11.4. The maximum absolute atomic E-state index is 13.0. The first-order valence-electron chi connectivity index (χ1n) is 7.45. The van der Waals surface area contributed by atoms with Crippen molar-refractivity contribution in [1.29, 1.82) is 5.26 Å². The summed E-state index contributed by atoms with van der Waals surface area (Å²) >= 11 is 5.88. The van der Waals surface area contributed by atoms with Gasteiger partial charge in [-0.15, -0.1) is 0 Å². The van der Waals surface area contributed by atoms with Crippen LogP contribution in [0, 0.1) is 23.7 Å². The monoisotopic (exact) mass is 361 g/mol. The summed E-state index contributed by atoms with van der Waals surface area (Å²) in [5, 5.41) is 18.9. The van der Waals surface area contributed by atoms with Gasteiger partial charge >= 0.3 is 0 Å². The molecule has 3 atom stereocenters. The van der Waals surface area contributed by atoms with Gasteiger partial charge in [-0.05, 0) is 36.8 Å². The lowest BCUT2D eigenvalue weighted by Gasteiger charge is -2.06. The minimum atomic E-state index is -3.74. The van der Waals surface area contributed by atoms with E-state index in [0.29, 0.717) is 10.6 Å². The Morgan fingerprint density at radius 3 is 2.25 bits per heavy atom. The number of nitrogens with zero attached hydrogens (tertiary/aromatic N) is 1. The minimum Gasteiger partial charge on any atom is -0.395 e. The molecule has 0 saturated heterocycles. The predicted octanol–water partition coefficient (Wildman–Crippen LogP) is 3.09. The van der Waals surface area contributed by atoms with E-state index >= 15 is 0 Å². The number of hydrogen-bond acceptors (Lipinski definition) is 4. The lowest BCUT2D eigenvalue weighted by atomic mass is 10.0. The molecule has 0 aliphatic heterocycles. The molecule has 0 bridgehead atoms. The SMILES string of the molecule is Cc1ccc(S(=O)(=O)[C@H]2[C@H](c3ccc(Cl)cc3)[C@@]2(C#N)CO)cc1.